The fraction of sp³-hybridized carbons (Fsp3) is 0.111. The molecule has 1 aromatic carbocycles. The first-order valence-electron chi connectivity index (χ1n) is 4.06. The first-order valence-corrected chi connectivity index (χ1v) is 4.06. The predicted octanol–water partition coefficient (Wildman–Crippen LogP) is 0.204. The smallest absolute Gasteiger partial charge is 0.276 e. The van der Waals surface area contributed by atoms with Crippen LogP contribution in [0, 0.1) is 4.91 Å². The van der Waals surface area contributed by atoms with Crippen molar-refractivity contribution in [2.24, 2.45) is 10.2 Å². The lowest BCUT2D eigenvalue weighted by molar-refractivity contribution is 0.229. The first-order chi connectivity index (χ1) is 6.81. The predicted molar refractivity (Wildman–Crippen MR) is 49.6 cm³/mol. The van der Waals surface area contributed by atoms with Crippen molar-refractivity contribution in [3.05, 3.63) is 39.7 Å². The van der Waals surface area contributed by atoms with Gasteiger partial charge in [-0.1, -0.05) is 18.2 Å². The summed E-state index contributed by atoms with van der Waals surface area (Å²) < 4.78 is 0. The second-order valence-electron chi connectivity index (χ2n) is 2.83. The molecule has 0 saturated carbocycles. The molecule has 1 aliphatic rings. The van der Waals surface area contributed by atoms with E-state index in [2.05, 4.69) is 10.2 Å². The van der Waals surface area contributed by atoms with Crippen LogP contribution in [-0.2, 0) is 0 Å². The van der Waals surface area contributed by atoms with Gasteiger partial charge in [0.2, 0.25) is 0 Å². The molecule has 0 aromatic heterocycles. The van der Waals surface area contributed by atoms with E-state index in [0.29, 0.717) is 0 Å². The van der Waals surface area contributed by atoms with Gasteiger partial charge in [0.25, 0.3) is 0 Å². The lowest BCUT2D eigenvalue weighted by Gasteiger charge is -2.13. The maximum atomic E-state index is 10.9. The number of hydrogen-bond donors (Lipinski definition) is 0. The Bertz CT molecular complexity index is 495. The van der Waals surface area contributed by atoms with Gasteiger partial charge in [-0.25, -0.2) is 4.79 Å². The monoisotopic (exact) mass is 189 g/mol. The van der Waals surface area contributed by atoms with Crippen LogP contribution in [-0.4, -0.2) is 17.6 Å². The number of nitroso groups, excluding NO2 is 1. The molecule has 0 saturated heterocycles. The summed E-state index contributed by atoms with van der Waals surface area (Å²) in [5.74, 6) is 0. The third kappa shape index (κ3) is 1.39. The molecule has 0 aliphatic carbocycles. The van der Waals surface area contributed by atoms with Gasteiger partial charge in [0, 0.05) is 16.6 Å². The topological polar surface area (TPSA) is 62.1 Å². The fourth-order valence-corrected chi connectivity index (χ4v) is 1.27. The minimum Gasteiger partial charge on any atom is -0.276 e. The summed E-state index contributed by atoms with van der Waals surface area (Å²) in [5, 5.41) is 3.97. The van der Waals surface area contributed by atoms with E-state index in [4.69, 9.17) is 0 Å². The maximum Gasteiger partial charge on any atom is 0.386 e. The van der Waals surface area contributed by atoms with Gasteiger partial charge < -0.3 is 0 Å². The van der Waals surface area contributed by atoms with Crippen LogP contribution >= 0.6 is 0 Å². The molecule has 14 heavy (non-hydrogen) atoms. The Hall–Kier alpha value is -2.04. The van der Waals surface area contributed by atoms with Crippen LogP contribution < -0.4 is 10.6 Å². The Labute approximate surface area is 79.3 Å². The van der Waals surface area contributed by atoms with Gasteiger partial charge in [-0.15, -0.1) is 4.91 Å². The number of rotatable bonds is 0. The van der Waals surface area contributed by atoms with Crippen LogP contribution in [0.2, 0.25) is 0 Å². The molecule has 0 radical (unpaired) electrons. The van der Waals surface area contributed by atoms with E-state index in [0.717, 1.165) is 10.6 Å². The molecule has 5 nitrogen and oxygen atoms in total. The van der Waals surface area contributed by atoms with E-state index >= 15 is 0 Å². The largest absolute Gasteiger partial charge is 0.386 e. The number of nitrogens with zero attached hydrogens (tertiary/aromatic N) is 3. The van der Waals surface area contributed by atoms with Gasteiger partial charge >= 0.3 is 6.03 Å². The van der Waals surface area contributed by atoms with E-state index in [9.17, 15) is 9.70 Å². The molecular weight excluding hydrogens is 182 g/mol. The van der Waals surface area contributed by atoms with Crippen molar-refractivity contribution in [2.75, 3.05) is 6.67 Å². The standard InChI is InChI=1S/C9H7N3O2/c13-9(11-14)12-5-7-3-1-2-4-8(7)10-6-12/h1-5H,6H2. The maximum absolute atomic E-state index is 10.9. The number of hydrogen-bond acceptors (Lipinski definition) is 3. The van der Waals surface area contributed by atoms with Crippen LogP contribution in [0.1, 0.15) is 0 Å². The summed E-state index contributed by atoms with van der Waals surface area (Å²) in [6, 6.07) is 6.56. The Balaban J connectivity index is 2.48. The summed E-state index contributed by atoms with van der Waals surface area (Å²) in [6.07, 6.45) is 1.58. The number of benzene rings is 1. The zero-order valence-electron chi connectivity index (χ0n) is 7.25. The average Bonchev–Trinajstić information content (AvgIpc) is 2.27. The second-order valence-corrected chi connectivity index (χ2v) is 2.83. The first kappa shape index (κ1) is 8.55. The lowest BCUT2D eigenvalue weighted by Crippen LogP contribution is -2.37. The summed E-state index contributed by atoms with van der Waals surface area (Å²) in [4.78, 5) is 26.2. The van der Waals surface area contributed by atoms with Gasteiger partial charge in [-0.05, 0) is 6.07 Å². The molecule has 2 rings (SSSR count). The van der Waals surface area contributed by atoms with E-state index < -0.39 is 6.03 Å². The summed E-state index contributed by atoms with van der Waals surface area (Å²) in [6.45, 7) is 0.154. The zero-order chi connectivity index (χ0) is 9.97. The molecule has 0 spiro atoms. The van der Waals surface area contributed by atoms with Gasteiger partial charge in [-0.2, -0.15) is 0 Å². The Morgan fingerprint density at radius 3 is 3.00 bits per heavy atom. The van der Waals surface area contributed by atoms with Crippen molar-refractivity contribution < 1.29 is 4.79 Å². The van der Waals surface area contributed by atoms with Crippen molar-refractivity contribution in [3.8, 4) is 0 Å². The number of carbonyl (C=O) groups is 1. The van der Waals surface area contributed by atoms with Crippen LogP contribution in [0.25, 0.3) is 6.20 Å². The highest BCUT2D eigenvalue weighted by atomic mass is 16.3. The molecular formula is C9H7N3O2. The van der Waals surface area contributed by atoms with Crippen molar-refractivity contribution in [1.82, 2.24) is 4.90 Å². The highest BCUT2D eigenvalue weighted by Gasteiger charge is 2.12. The van der Waals surface area contributed by atoms with Crippen LogP contribution in [0.5, 0.6) is 0 Å². The second kappa shape index (κ2) is 3.37. The van der Waals surface area contributed by atoms with Gasteiger partial charge in [-0.3, -0.25) is 9.89 Å². The number of para-hydroxylation sites is 1. The number of urea groups is 1. The van der Waals surface area contributed by atoms with Gasteiger partial charge in [0.15, 0.2) is 0 Å². The SMILES string of the molecule is O=NC(=O)N1C=c2ccccc2=NC1. The number of amides is 2. The molecule has 0 unspecified atom stereocenters. The molecule has 5 heteroatoms. The van der Waals surface area contributed by atoms with Crippen molar-refractivity contribution in [2.45, 2.75) is 0 Å². The van der Waals surface area contributed by atoms with Crippen molar-refractivity contribution >= 4 is 12.2 Å². The highest BCUT2D eigenvalue weighted by molar-refractivity contribution is 5.78. The van der Waals surface area contributed by atoms with E-state index in [1.54, 1.807) is 6.20 Å². The summed E-state index contributed by atoms with van der Waals surface area (Å²) in [5.41, 5.74) is 0. The summed E-state index contributed by atoms with van der Waals surface area (Å²) >= 11 is 0. The minimum absolute atomic E-state index is 0.154. The van der Waals surface area contributed by atoms with Crippen LogP contribution in [0.15, 0.2) is 34.4 Å². The molecule has 2 amide bonds. The van der Waals surface area contributed by atoms with Crippen LogP contribution in [0.4, 0.5) is 4.79 Å². The third-order valence-electron chi connectivity index (χ3n) is 1.95. The molecule has 1 aliphatic heterocycles. The van der Waals surface area contributed by atoms with E-state index in [1.165, 1.54) is 4.90 Å². The van der Waals surface area contributed by atoms with Crippen molar-refractivity contribution in [1.29, 1.82) is 0 Å². The van der Waals surface area contributed by atoms with Gasteiger partial charge in [0.05, 0.1) is 5.36 Å². The molecule has 1 heterocycles. The Kier molecular flexibility index (Phi) is 2.06. The minimum atomic E-state index is -0.816. The quantitative estimate of drug-likeness (QED) is 0.547. The molecule has 0 fully saturated rings. The fourth-order valence-electron chi connectivity index (χ4n) is 1.27. The molecule has 0 atom stereocenters. The number of carbonyl (C=O) groups excluding carboxylic acids is 1. The molecule has 0 bridgehead atoms. The molecule has 70 valence electrons. The Morgan fingerprint density at radius 1 is 1.43 bits per heavy atom. The van der Waals surface area contributed by atoms with E-state index in [-0.39, 0.29) is 6.67 Å². The van der Waals surface area contributed by atoms with Gasteiger partial charge in [0.1, 0.15) is 6.67 Å². The van der Waals surface area contributed by atoms with Crippen molar-refractivity contribution in [3.63, 3.8) is 0 Å². The van der Waals surface area contributed by atoms with E-state index in [1.807, 2.05) is 24.3 Å². The normalized spacial score (nSPS) is 13.6. The molecule has 1 aromatic rings. The molecule has 0 N–H and O–H groups in total. The lowest BCUT2D eigenvalue weighted by atomic mass is 10.3. The summed E-state index contributed by atoms with van der Waals surface area (Å²) in [7, 11) is 0. The average molecular weight is 189 g/mol. The zero-order valence-corrected chi connectivity index (χ0v) is 7.25. The van der Waals surface area contributed by atoms with Crippen LogP contribution in [0.3, 0.4) is 0 Å². The Morgan fingerprint density at radius 2 is 2.21 bits per heavy atom. The highest BCUT2D eigenvalue weighted by Crippen LogP contribution is 1.96. The number of fused-ring (bicyclic) bond motifs is 1. The third-order valence-corrected chi connectivity index (χ3v) is 1.95.